The third-order valence-electron chi connectivity index (χ3n) is 4.63. The molecule has 0 aliphatic heterocycles. The van der Waals surface area contributed by atoms with E-state index >= 15 is 0 Å². The third kappa shape index (κ3) is 2.76. The van der Waals surface area contributed by atoms with Gasteiger partial charge >= 0.3 is 5.69 Å². The first-order valence-corrected chi connectivity index (χ1v) is 7.26. The Balaban J connectivity index is 1.71. The fraction of sp³-hybridized carbons (Fsp3) is 0.500. The van der Waals surface area contributed by atoms with Crippen molar-refractivity contribution < 1.29 is 9.85 Å². The molecule has 2 aliphatic rings. The topological polar surface area (TPSA) is 111 Å². The summed E-state index contributed by atoms with van der Waals surface area (Å²) in [5, 5.41) is 25.8. The zero-order chi connectivity index (χ0) is 15.7. The minimum atomic E-state index is -0.657. The molecule has 0 saturated heterocycles. The van der Waals surface area contributed by atoms with Gasteiger partial charge in [-0.25, -0.2) is 0 Å². The summed E-state index contributed by atoms with van der Waals surface area (Å²) in [5.74, 6) is 1.92. The molecule has 22 heavy (non-hydrogen) atoms. The fourth-order valence-electron chi connectivity index (χ4n) is 3.56. The number of nitrogens with zero attached hydrogens (tertiary/aromatic N) is 3. The zero-order valence-corrected chi connectivity index (χ0v) is 11.8. The van der Waals surface area contributed by atoms with E-state index in [1.54, 1.807) is 0 Å². The van der Waals surface area contributed by atoms with Crippen molar-refractivity contribution in [2.24, 2.45) is 22.9 Å². The second-order valence-corrected chi connectivity index (χ2v) is 5.94. The lowest BCUT2D eigenvalue weighted by Gasteiger charge is -2.16. The molecular weight excluding hydrogens is 288 g/mol. The van der Waals surface area contributed by atoms with E-state index in [-0.39, 0.29) is 17.1 Å². The molecule has 2 aliphatic carbocycles. The number of nitro benzene ring substituents is 2. The summed E-state index contributed by atoms with van der Waals surface area (Å²) >= 11 is 0. The Morgan fingerprint density at radius 1 is 1.18 bits per heavy atom. The van der Waals surface area contributed by atoms with Crippen LogP contribution in [0.5, 0.6) is 0 Å². The molecule has 1 aromatic rings. The van der Waals surface area contributed by atoms with Crippen molar-refractivity contribution in [1.29, 1.82) is 0 Å². The van der Waals surface area contributed by atoms with Gasteiger partial charge in [-0.05, 0) is 43.1 Å². The lowest BCUT2D eigenvalue weighted by molar-refractivity contribution is -0.393. The molecule has 3 atom stereocenters. The summed E-state index contributed by atoms with van der Waals surface area (Å²) in [6, 6.07) is 3.48. The number of nitro groups is 2. The van der Waals surface area contributed by atoms with Gasteiger partial charge in [-0.2, -0.15) is 5.10 Å². The molecule has 0 amide bonds. The maximum atomic E-state index is 11.0. The second kappa shape index (κ2) is 5.70. The van der Waals surface area contributed by atoms with Gasteiger partial charge in [-0.1, -0.05) is 6.42 Å². The van der Waals surface area contributed by atoms with Crippen LogP contribution in [-0.4, -0.2) is 16.1 Å². The van der Waals surface area contributed by atoms with Crippen LogP contribution in [0.15, 0.2) is 23.3 Å². The SMILES string of the molecule is O=[N+]([O-])c1ccc(N/N=C\[C@@H]2C[C@@H]3CC[C@@H]2C3)c([N+](=O)[O-])c1. The van der Waals surface area contributed by atoms with Gasteiger partial charge < -0.3 is 0 Å². The molecule has 1 aromatic carbocycles. The molecule has 2 bridgehead atoms. The maximum absolute atomic E-state index is 11.0. The van der Waals surface area contributed by atoms with Gasteiger partial charge in [-0.15, -0.1) is 0 Å². The third-order valence-corrected chi connectivity index (χ3v) is 4.63. The quantitative estimate of drug-likeness (QED) is 0.509. The number of hydrogen-bond acceptors (Lipinski definition) is 6. The van der Waals surface area contributed by atoms with Crippen molar-refractivity contribution in [2.45, 2.75) is 25.7 Å². The highest BCUT2D eigenvalue weighted by atomic mass is 16.6. The highest BCUT2D eigenvalue weighted by Gasteiger charge is 2.38. The number of hydrogen-bond donors (Lipinski definition) is 1. The minimum absolute atomic E-state index is 0.162. The van der Waals surface area contributed by atoms with Gasteiger partial charge in [0.05, 0.1) is 15.9 Å². The maximum Gasteiger partial charge on any atom is 0.301 e. The smallest absolute Gasteiger partial charge is 0.272 e. The Bertz CT molecular complexity index is 646. The van der Waals surface area contributed by atoms with Crippen molar-refractivity contribution in [3.63, 3.8) is 0 Å². The molecule has 8 heteroatoms. The van der Waals surface area contributed by atoms with E-state index in [0.717, 1.165) is 18.4 Å². The summed E-state index contributed by atoms with van der Waals surface area (Å²) in [6.45, 7) is 0. The van der Waals surface area contributed by atoms with Gasteiger partial charge in [0.2, 0.25) is 0 Å². The van der Waals surface area contributed by atoms with E-state index in [4.69, 9.17) is 0 Å². The highest BCUT2D eigenvalue weighted by molar-refractivity contribution is 5.68. The van der Waals surface area contributed by atoms with E-state index in [9.17, 15) is 20.2 Å². The Morgan fingerprint density at radius 3 is 2.59 bits per heavy atom. The van der Waals surface area contributed by atoms with Crippen LogP contribution in [0, 0.1) is 38.0 Å². The first-order valence-electron chi connectivity index (χ1n) is 7.26. The van der Waals surface area contributed by atoms with Gasteiger partial charge in [0, 0.05) is 12.3 Å². The molecule has 116 valence electrons. The molecule has 0 spiro atoms. The number of benzene rings is 1. The van der Waals surface area contributed by atoms with Crippen molar-refractivity contribution in [1.82, 2.24) is 0 Å². The first-order chi connectivity index (χ1) is 10.5. The van der Waals surface area contributed by atoms with Crippen LogP contribution < -0.4 is 5.43 Å². The summed E-state index contributed by atoms with van der Waals surface area (Å²) < 4.78 is 0. The summed E-state index contributed by atoms with van der Waals surface area (Å²) in [7, 11) is 0. The Hall–Kier alpha value is -2.51. The van der Waals surface area contributed by atoms with E-state index in [1.807, 2.05) is 6.21 Å². The number of hydrazone groups is 1. The minimum Gasteiger partial charge on any atom is -0.272 e. The van der Waals surface area contributed by atoms with Crippen molar-refractivity contribution in [2.75, 3.05) is 5.43 Å². The number of nitrogens with one attached hydrogen (secondary N) is 1. The summed E-state index contributed by atoms with van der Waals surface area (Å²) in [4.78, 5) is 20.4. The molecule has 2 saturated carbocycles. The monoisotopic (exact) mass is 304 g/mol. The predicted molar refractivity (Wildman–Crippen MR) is 80.8 cm³/mol. The van der Waals surface area contributed by atoms with Crippen LogP contribution in [0.2, 0.25) is 0 Å². The lowest BCUT2D eigenvalue weighted by atomic mass is 9.90. The van der Waals surface area contributed by atoms with Crippen LogP contribution in [0.4, 0.5) is 17.1 Å². The van der Waals surface area contributed by atoms with Crippen LogP contribution in [0.3, 0.4) is 0 Å². The summed E-state index contributed by atoms with van der Waals surface area (Å²) in [6.07, 6.45) is 6.76. The van der Waals surface area contributed by atoms with E-state index in [1.165, 1.54) is 31.4 Å². The second-order valence-electron chi connectivity index (χ2n) is 5.94. The number of fused-ring (bicyclic) bond motifs is 2. The van der Waals surface area contributed by atoms with Gasteiger partial charge in [0.25, 0.3) is 5.69 Å². The van der Waals surface area contributed by atoms with E-state index in [2.05, 4.69) is 10.5 Å². The molecule has 0 heterocycles. The van der Waals surface area contributed by atoms with Crippen molar-refractivity contribution in [3.05, 3.63) is 38.4 Å². The molecule has 2 fully saturated rings. The van der Waals surface area contributed by atoms with Crippen molar-refractivity contribution in [3.8, 4) is 0 Å². The van der Waals surface area contributed by atoms with Crippen molar-refractivity contribution >= 4 is 23.3 Å². The Morgan fingerprint density at radius 2 is 2.00 bits per heavy atom. The fourth-order valence-corrected chi connectivity index (χ4v) is 3.56. The van der Waals surface area contributed by atoms with Crippen LogP contribution in [0.1, 0.15) is 25.7 Å². The van der Waals surface area contributed by atoms with Crippen LogP contribution in [-0.2, 0) is 0 Å². The normalized spacial score (nSPS) is 26.5. The average molecular weight is 304 g/mol. The number of rotatable bonds is 5. The molecule has 0 radical (unpaired) electrons. The molecular formula is C14H16N4O4. The molecule has 8 nitrogen and oxygen atoms in total. The number of anilines is 1. The lowest BCUT2D eigenvalue weighted by Crippen LogP contribution is -2.12. The van der Waals surface area contributed by atoms with Gasteiger partial charge in [0.15, 0.2) is 0 Å². The molecule has 1 N–H and O–H groups in total. The van der Waals surface area contributed by atoms with Gasteiger partial charge in [0.1, 0.15) is 5.69 Å². The Labute approximate surface area is 126 Å². The van der Waals surface area contributed by atoms with E-state index in [0.29, 0.717) is 11.8 Å². The Kier molecular flexibility index (Phi) is 3.74. The summed E-state index contributed by atoms with van der Waals surface area (Å²) in [5.41, 5.74) is 2.16. The van der Waals surface area contributed by atoms with E-state index < -0.39 is 9.85 Å². The number of non-ortho nitro benzene ring substituents is 1. The zero-order valence-electron chi connectivity index (χ0n) is 11.8. The molecule has 3 rings (SSSR count). The van der Waals surface area contributed by atoms with Gasteiger partial charge in [-0.3, -0.25) is 25.7 Å². The first kappa shape index (κ1) is 14.4. The predicted octanol–water partition coefficient (Wildman–Crippen LogP) is 3.34. The standard InChI is InChI=1S/C14H16N4O4/c19-17(20)12-3-4-13(14(7-12)18(21)22)16-15-8-11-6-9-1-2-10(11)5-9/h3-4,7-11,16H,1-2,5-6H2/b15-8-/t9-,10-,11+/m1/s1. The van der Waals surface area contributed by atoms with Crippen LogP contribution >= 0.6 is 0 Å². The largest absolute Gasteiger partial charge is 0.301 e. The highest BCUT2D eigenvalue weighted by Crippen LogP contribution is 2.47. The molecule has 0 aromatic heterocycles. The average Bonchev–Trinajstić information content (AvgIpc) is 3.09. The van der Waals surface area contributed by atoms with Crippen LogP contribution in [0.25, 0.3) is 0 Å². The molecule has 0 unspecified atom stereocenters.